The second-order valence-electron chi connectivity index (χ2n) is 5.20. The van der Waals surface area contributed by atoms with Gasteiger partial charge in [0.2, 0.25) is 0 Å². The van der Waals surface area contributed by atoms with Crippen molar-refractivity contribution in [1.29, 1.82) is 0 Å². The Bertz CT molecular complexity index is 463. The average Bonchev–Trinajstić information content (AvgIpc) is 2.77. The minimum Gasteiger partial charge on any atom is -0.480 e. The highest BCUT2D eigenvalue weighted by Gasteiger charge is 2.46. The number of nitrogens with zero attached hydrogens (tertiary/aromatic N) is 1. The van der Waals surface area contributed by atoms with E-state index in [4.69, 9.17) is 11.6 Å². The summed E-state index contributed by atoms with van der Waals surface area (Å²) in [7, 11) is 0. The maximum Gasteiger partial charge on any atom is 0.324 e. The van der Waals surface area contributed by atoms with Crippen LogP contribution in [0.5, 0.6) is 0 Å². The van der Waals surface area contributed by atoms with Gasteiger partial charge in [0.25, 0.3) is 0 Å². The highest BCUT2D eigenvalue weighted by molar-refractivity contribution is 6.31. The van der Waals surface area contributed by atoms with Gasteiger partial charge in [0.05, 0.1) is 0 Å². The van der Waals surface area contributed by atoms with E-state index < -0.39 is 11.5 Å². The first-order valence-electron chi connectivity index (χ1n) is 6.82. The highest BCUT2D eigenvalue weighted by Crippen LogP contribution is 2.36. The lowest BCUT2D eigenvalue weighted by atomic mass is 9.90. The van der Waals surface area contributed by atoms with Gasteiger partial charge in [-0.05, 0) is 37.4 Å². The summed E-state index contributed by atoms with van der Waals surface area (Å²) in [6, 6.07) is 7.67. The number of hydrogen-bond acceptors (Lipinski definition) is 2. The van der Waals surface area contributed by atoms with E-state index in [1.54, 1.807) is 0 Å². The molecule has 0 radical (unpaired) electrons. The van der Waals surface area contributed by atoms with Gasteiger partial charge in [-0.25, -0.2) is 0 Å². The summed E-state index contributed by atoms with van der Waals surface area (Å²) in [5, 5.41) is 10.4. The fourth-order valence-corrected chi connectivity index (χ4v) is 3.24. The molecule has 1 heterocycles. The number of carboxylic acid groups (broad SMARTS) is 1. The average molecular weight is 282 g/mol. The predicted octanol–water partition coefficient (Wildman–Crippen LogP) is 3.56. The van der Waals surface area contributed by atoms with Crippen molar-refractivity contribution in [2.24, 2.45) is 0 Å². The predicted molar refractivity (Wildman–Crippen MR) is 76.4 cm³/mol. The standard InChI is InChI=1S/C15H20ClNO2/c1-2-8-15(14(18)19)9-5-10-17(15)11-12-6-3-4-7-13(12)16/h3-4,6-7H,2,5,8-11H2,1H3,(H,18,19). The van der Waals surface area contributed by atoms with Crippen molar-refractivity contribution in [3.8, 4) is 0 Å². The van der Waals surface area contributed by atoms with Gasteiger partial charge >= 0.3 is 5.97 Å². The van der Waals surface area contributed by atoms with Crippen LogP contribution in [0.4, 0.5) is 0 Å². The third-order valence-corrected chi connectivity index (χ3v) is 4.37. The molecule has 104 valence electrons. The quantitative estimate of drug-likeness (QED) is 0.897. The van der Waals surface area contributed by atoms with Crippen LogP contribution in [0.3, 0.4) is 0 Å². The Morgan fingerprint density at radius 1 is 1.47 bits per heavy atom. The summed E-state index contributed by atoms with van der Waals surface area (Å²) in [6.45, 7) is 3.49. The van der Waals surface area contributed by atoms with Crippen LogP contribution in [0.15, 0.2) is 24.3 Å². The number of carboxylic acids is 1. The molecule has 0 amide bonds. The number of likely N-dealkylation sites (tertiary alicyclic amines) is 1. The van der Waals surface area contributed by atoms with E-state index in [1.807, 2.05) is 31.2 Å². The first kappa shape index (κ1) is 14.4. The van der Waals surface area contributed by atoms with Crippen LogP contribution in [0.2, 0.25) is 5.02 Å². The minimum absolute atomic E-state index is 0.617. The number of benzene rings is 1. The zero-order chi connectivity index (χ0) is 13.9. The molecule has 1 unspecified atom stereocenters. The van der Waals surface area contributed by atoms with Crippen LogP contribution in [-0.4, -0.2) is 28.1 Å². The van der Waals surface area contributed by atoms with Gasteiger partial charge in [-0.1, -0.05) is 43.1 Å². The zero-order valence-electron chi connectivity index (χ0n) is 11.2. The molecule has 0 aromatic heterocycles. The van der Waals surface area contributed by atoms with Crippen LogP contribution < -0.4 is 0 Å². The Kier molecular flexibility index (Phi) is 4.48. The Labute approximate surface area is 119 Å². The summed E-state index contributed by atoms with van der Waals surface area (Å²) in [5.41, 5.74) is 0.307. The molecule has 4 heteroatoms. The Balaban J connectivity index is 2.23. The molecule has 1 aliphatic rings. The van der Waals surface area contributed by atoms with Gasteiger partial charge in [-0.2, -0.15) is 0 Å². The molecular weight excluding hydrogens is 262 g/mol. The molecule has 0 saturated carbocycles. The smallest absolute Gasteiger partial charge is 0.324 e. The third kappa shape index (κ3) is 2.77. The topological polar surface area (TPSA) is 40.5 Å². The number of rotatable bonds is 5. The molecule has 1 aromatic rings. The molecule has 1 N–H and O–H groups in total. The maximum absolute atomic E-state index is 11.7. The molecule has 2 rings (SSSR count). The Hall–Kier alpha value is -1.06. The van der Waals surface area contributed by atoms with Gasteiger partial charge in [0.1, 0.15) is 5.54 Å². The van der Waals surface area contributed by atoms with Crippen molar-refractivity contribution >= 4 is 17.6 Å². The number of aliphatic carboxylic acids is 1. The minimum atomic E-state index is -0.700. The first-order chi connectivity index (χ1) is 9.10. The number of carbonyl (C=O) groups is 1. The summed E-state index contributed by atoms with van der Waals surface area (Å²) < 4.78 is 0. The summed E-state index contributed by atoms with van der Waals surface area (Å²) in [5.74, 6) is -0.695. The van der Waals surface area contributed by atoms with Crippen molar-refractivity contribution in [1.82, 2.24) is 4.90 Å². The monoisotopic (exact) mass is 281 g/mol. The molecular formula is C15H20ClNO2. The normalized spacial score (nSPS) is 23.7. The summed E-state index contributed by atoms with van der Waals surface area (Å²) >= 11 is 6.18. The second kappa shape index (κ2) is 5.93. The van der Waals surface area contributed by atoms with Gasteiger partial charge < -0.3 is 5.11 Å². The van der Waals surface area contributed by atoms with Crippen molar-refractivity contribution in [3.05, 3.63) is 34.9 Å². The number of halogens is 1. The lowest BCUT2D eigenvalue weighted by Crippen LogP contribution is -2.50. The molecule has 1 fully saturated rings. The molecule has 0 spiro atoms. The largest absolute Gasteiger partial charge is 0.480 e. The van der Waals surface area contributed by atoms with Gasteiger partial charge in [-0.3, -0.25) is 9.69 Å². The Morgan fingerprint density at radius 2 is 2.21 bits per heavy atom. The lowest BCUT2D eigenvalue weighted by Gasteiger charge is -2.34. The van der Waals surface area contributed by atoms with E-state index in [-0.39, 0.29) is 0 Å². The van der Waals surface area contributed by atoms with E-state index in [9.17, 15) is 9.90 Å². The van der Waals surface area contributed by atoms with Crippen LogP contribution in [0.25, 0.3) is 0 Å². The molecule has 1 saturated heterocycles. The maximum atomic E-state index is 11.7. The SMILES string of the molecule is CCCC1(C(=O)O)CCCN1Cc1ccccc1Cl. The molecule has 1 aromatic carbocycles. The molecule has 0 aliphatic carbocycles. The van der Waals surface area contributed by atoms with Crippen molar-refractivity contribution < 1.29 is 9.90 Å². The molecule has 0 bridgehead atoms. The second-order valence-corrected chi connectivity index (χ2v) is 5.61. The zero-order valence-corrected chi connectivity index (χ0v) is 12.0. The fourth-order valence-electron chi connectivity index (χ4n) is 3.04. The number of hydrogen-bond donors (Lipinski definition) is 1. The van der Waals surface area contributed by atoms with E-state index in [0.29, 0.717) is 18.0 Å². The summed E-state index contributed by atoms with van der Waals surface area (Å²) in [6.07, 6.45) is 3.26. The van der Waals surface area contributed by atoms with E-state index in [2.05, 4.69) is 4.90 Å². The van der Waals surface area contributed by atoms with Gasteiger partial charge in [0.15, 0.2) is 0 Å². The Morgan fingerprint density at radius 3 is 2.84 bits per heavy atom. The van der Waals surface area contributed by atoms with Crippen LogP contribution >= 0.6 is 11.6 Å². The first-order valence-corrected chi connectivity index (χ1v) is 7.20. The van der Waals surface area contributed by atoms with E-state index in [0.717, 1.165) is 31.4 Å². The van der Waals surface area contributed by atoms with Gasteiger partial charge in [0, 0.05) is 11.6 Å². The molecule has 1 aliphatic heterocycles. The molecule has 3 nitrogen and oxygen atoms in total. The van der Waals surface area contributed by atoms with Crippen molar-refractivity contribution in [2.45, 2.75) is 44.7 Å². The van der Waals surface area contributed by atoms with Crippen LogP contribution in [0.1, 0.15) is 38.2 Å². The highest BCUT2D eigenvalue weighted by atomic mass is 35.5. The van der Waals surface area contributed by atoms with Crippen molar-refractivity contribution in [2.75, 3.05) is 6.54 Å². The summed E-state index contributed by atoms with van der Waals surface area (Å²) in [4.78, 5) is 13.8. The van der Waals surface area contributed by atoms with E-state index in [1.165, 1.54) is 0 Å². The molecule has 1 atom stereocenters. The van der Waals surface area contributed by atoms with Crippen LogP contribution in [-0.2, 0) is 11.3 Å². The van der Waals surface area contributed by atoms with Crippen LogP contribution in [0, 0.1) is 0 Å². The molecule has 19 heavy (non-hydrogen) atoms. The van der Waals surface area contributed by atoms with E-state index >= 15 is 0 Å². The third-order valence-electron chi connectivity index (χ3n) is 4.00. The van der Waals surface area contributed by atoms with Crippen molar-refractivity contribution in [3.63, 3.8) is 0 Å². The lowest BCUT2D eigenvalue weighted by molar-refractivity contribution is -0.150. The fraction of sp³-hybridized carbons (Fsp3) is 0.533. The van der Waals surface area contributed by atoms with Gasteiger partial charge in [-0.15, -0.1) is 0 Å².